The maximum atomic E-state index is 6.72. The van der Waals surface area contributed by atoms with Crippen LogP contribution in [0, 0.1) is 0 Å². The summed E-state index contributed by atoms with van der Waals surface area (Å²) >= 11 is 0. The third-order valence-electron chi connectivity index (χ3n) is 7.69. The van der Waals surface area contributed by atoms with E-state index in [0.29, 0.717) is 46.2 Å². The molecule has 4 aromatic carbocycles. The number of ether oxygens (including phenoxy) is 7. The molecule has 0 bridgehead atoms. The monoisotopic (exact) mass is 596 g/mol. The summed E-state index contributed by atoms with van der Waals surface area (Å²) in [4.78, 5) is 0. The molecule has 230 valence electrons. The van der Waals surface area contributed by atoms with Gasteiger partial charge in [0.2, 0.25) is 0 Å². The highest BCUT2D eigenvalue weighted by atomic mass is 16.7. The second-order valence-corrected chi connectivity index (χ2v) is 11.1. The van der Waals surface area contributed by atoms with Crippen LogP contribution in [0.15, 0.2) is 121 Å². The van der Waals surface area contributed by atoms with Gasteiger partial charge in [0.05, 0.1) is 46.2 Å². The van der Waals surface area contributed by atoms with Gasteiger partial charge in [0.1, 0.15) is 30.5 Å². The summed E-state index contributed by atoms with van der Waals surface area (Å²) in [5.41, 5.74) is 4.26. The molecule has 2 fully saturated rings. The predicted molar refractivity (Wildman–Crippen MR) is 166 cm³/mol. The number of benzene rings is 4. The van der Waals surface area contributed by atoms with Gasteiger partial charge >= 0.3 is 0 Å². The maximum absolute atomic E-state index is 6.72. The molecule has 2 heterocycles. The summed E-state index contributed by atoms with van der Waals surface area (Å²) in [7, 11) is 0. The van der Waals surface area contributed by atoms with Gasteiger partial charge in [-0.15, -0.1) is 0 Å². The number of hydrogen-bond acceptors (Lipinski definition) is 7. The van der Waals surface area contributed by atoms with Crippen molar-refractivity contribution in [2.75, 3.05) is 19.8 Å². The first-order chi connectivity index (χ1) is 21.8. The van der Waals surface area contributed by atoms with Gasteiger partial charge in [0.25, 0.3) is 0 Å². The summed E-state index contributed by atoms with van der Waals surface area (Å²) in [6.45, 7) is 3.00. The lowest BCUT2D eigenvalue weighted by Crippen LogP contribution is -2.62. The summed E-state index contributed by atoms with van der Waals surface area (Å²) in [5.74, 6) is 0. The average molecular weight is 597 g/mol. The van der Waals surface area contributed by atoms with E-state index in [2.05, 4.69) is 24.3 Å². The first-order valence-corrected chi connectivity index (χ1v) is 15.3. The minimum Gasteiger partial charge on any atom is -0.374 e. The fraction of sp³-hybridized carbons (Fsp3) is 0.351. The second-order valence-electron chi connectivity index (χ2n) is 11.1. The average Bonchev–Trinajstić information content (AvgIpc) is 3.92. The molecule has 0 aromatic heterocycles. The van der Waals surface area contributed by atoms with Gasteiger partial charge in [-0.3, -0.25) is 0 Å². The molecule has 0 saturated carbocycles. The quantitative estimate of drug-likeness (QED) is 0.145. The van der Waals surface area contributed by atoms with E-state index in [0.717, 1.165) is 22.3 Å². The molecule has 2 aliphatic rings. The van der Waals surface area contributed by atoms with Crippen LogP contribution >= 0.6 is 0 Å². The van der Waals surface area contributed by atoms with Crippen LogP contribution in [0.2, 0.25) is 0 Å². The zero-order valence-corrected chi connectivity index (χ0v) is 24.8. The molecule has 0 amide bonds. The van der Waals surface area contributed by atoms with E-state index in [1.165, 1.54) is 0 Å². The number of epoxide rings is 1. The molecule has 2 saturated heterocycles. The minimum atomic E-state index is -0.703. The Morgan fingerprint density at radius 2 is 0.909 bits per heavy atom. The molecular formula is C37H40O7. The smallest absolute Gasteiger partial charge is 0.187 e. The van der Waals surface area contributed by atoms with Gasteiger partial charge in [-0.05, 0) is 22.3 Å². The first kappa shape index (κ1) is 30.6. The van der Waals surface area contributed by atoms with E-state index in [-0.39, 0.29) is 6.10 Å². The fourth-order valence-electron chi connectivity index (χ4n) is 5.25. The van der Waals surface area contributed by atoms with E-state index >= 15 is 0 Å². The van der Waals surface area contributed by atoms with E-state index in [1.54, 1.807) is 0 Å². The number of rotatable bonds is 16. The standard InChI is InChI=1S/C37H40O7/c1-5-13-28(14-6-1)21-38-27-33-34(40-22-29-15-7-2-8-16-29)35(41-23-30-17-9-3-10-18-30)36(37(44-33)43-26-32-25-39-32)42-24-31-19-11-4-12-20-31/h1-20,32-37H,21-27H2/t32-,33+,34-,35-,36+,37-/m0/s1. The molecule has 7 heteroatoms. The second kappa shape index (κ2) is 16.1. The van der Waals surface area contributed by atoms with E-state index < -0.39 is 30.7 Å². The molecule has 0 spiro atoms. The van der Waals surface area contributed by atoms with Gasteiger partial charge in [0, 0.05) is 0 Å². The summed E-state index contributed by atoms with van der Waals surface area (Å²) in [6, 6.07) is 40.4. The molecular weight excluding hydrogens is 556 g/mol. The van der Waals surface area contributed by atoms with E-state index in [9.17, 15) is 0 Å². The Kier molecular flexibility index (Phi) is 11.2. The van der Waals surface area contributed by atoms with Crippen molar-refractivity contribution >= 4 is 0 Å². The summed E-state index contributed by atoms with van der Waals surface area (Å²) < 4.78 is 44.6. The van der Waals surface area contributed by atoms with Crippen LogP contribution in [0.25, 0.3) is 0 Å². The topological polar surface area (TPSA) is 67.9 Å². The van der Waals surface area contributed by atoms with Crippen LogP contribution in [0.4, 0.5) is 0 Å². The van der Waals surface area contributed by atoms with Crippen LogP contribution in [-0.2, 0) is 59.6 Å². The molecule has 7 nitrogen and oxygen atoms in total. The minimum absolute atomic E-state index is 0.0666. The fourth-order valence-corrected chi connectivity index (χ4v) is 5.25. The van der Waals surface area contributed by atoms with Gasteiger partial charge in [-0.2, -0.15) is 0 Å². The van der Waals surface area contributed by atoms with Gasteiger partial charge < -0.3 is 33.2 Å². The van der Waals surface area contributed by atoms with Crippen molar-refractivity contribution in [3.05, 3.63) is 144 Å². The van der Waals surface area contributed by atoms with Crippen molar-refractivity contribution in [1.29, 1.82) is 0 Å². The van der Waals surface area contributed by atoms with Crippen molar-refractivity contribution in [2.45, 2.75) is 63.2 Å². The van der Waals surface area contributed by atoms with Crippen molar-refractivity contribution in [1.82, 2.24) is 0 Å². The molecule has 6 atom stereocenters. The highest BCUT2D eigenvalue weighted by Crippen LogP contribution is 2.32. The lowest BCUT2D eigenvalue weighted by molar-refractivity contribution is -0.328. The van der Waals surface area contributed by atoms with Crippen LogP contribution in [-0.4, -0.2) is 56.6 Å². The maximum Gasteiger partial charge on any atom is 0.187 e. The number of hydrogen-bond donors (Lipinski definition) is 0. The third kappa shape index (κ3) is 9.06. The molecule has 6 rings (SSSR count). The molecule has 0 aliphatic carbocycles. The molecule has 44 heavy (non-hydrogen) atoms. The Morgan fingerprint density at radius 1 is 0.477 bits per heavy atom. The Bertz CT molecular complexity index is 1350. The molecule has 2 aliphatic heterocycles. The van der Waals surface area contributed by atoms with E-state index in [1.807, 2.05) is 97.1 Å². The van der Waals surface area contributed by atoms with Crippen molar-refractivity contribution in [3.8, 4) is 0 Å². The van der Waals surface area contributed by atoms with Crippen LogP contribution in [0.1, 0.15) is 22.3 Å². The molecule has 0 radical (unpaired) electrons. The van der Waals surface area contributed by atoms with E-state index in [4.69, 9.17) is 33.2 Å². The highest BCUT2D eigenvalue weighted by Gasteiger charge is 2.49. The van der Waals surface area contributed by atoms with Crippen molar-refractivity contribution in [3.63, 3.8) is 0 Å². The largest absolute Gasteiger partial charge is 0.374 e. The van der Waals surface area contributed by atoms with Gasteiger partial charge in [-0.1, -0.05) is 121 Å². The Balaban J connectivity index is 1.26. The Labute approximate surface area is 259 Å². The van der Waals surface area contributed by atoms with Crippen LogP contribution in [0.3, 0.4) is 0 Å². The summed E-state index contributed by atoms with van der Waals surface area (Å²) in [5, 5.41) is 0. The molecule has 0 unspecified atom stereocenters. The highest BCUT2D eigenvalue weighted by molar-refractivity contribution is 5.16. The lowest BCUT2D eigenvalue weighted by Gasteiger charge is -2.45. The zero-order chi connectivity index (χ0) is 29.8. The first-order valence-electron chi connectivity index (χ1n) is 15.3. The van der Waals surface area contributed by atoms with Crippen LogP contribution < -0.4 is 0 Å². The SMILES string of the molecule is c1ccc(COC[C@H]2O[C@H](OC[C@@H]3CO3)[C@H](OCc3ccccc3)[C@@H](OCc3ccccc3)[C@H]2OCc2ccccc2)cc1. The summed E-state index contributed by atoms with van der Waals surface area (Å²) in [6.07, 6.45) is -2.67. The Morgan fingerprint density at radius 3 is 1.39 bits per heavy atom. The zero-order valence-electron chi connectivity index (χ0n) is 24.8. The van der Waals surface area contributed by atoms with Crippen LogP contribution in [0.5, 0.6) is 0 Å². The third-order valence-corrected chi connectivity index (χ3v) is 7.69. The molecule has 4 aromatic rings. The Hall–Kier alpha value is -3.40. The predicted octanol–water partition coefficient (Wildman–Crippen LogP) is 6.10. The molecule has 0 N–H and O–H groups in total. The van der Waals surface area contributed by atoms with Crippen molar-refractivity contribution < 1.29 is 33.2 Å². The lowest BCUT2D eigenvalue weighted by atomic mass is 9.97. The normalized spacial score (nSPS) is 24.6. The van der Waals surface area contributed by atoms with Crippen molar-refractivity contribution in [2.24, 2.45) is 0 Å². The van der Waals surface area contributed by atoms with Gasteiger partial charge in [0.15, 0.2) is 6.29 Å². The van der Waals surface area contributed by atoms with Gasteiger partial charge in [-0.25, -0.2) is 0 Å².